The molecule has 1 saturated heterocycles. The van der Waals surface area contributed by atoms with Gasteiger partial charge in [0.15, 0.2) is 0 Å². The predicted octanol–water partition coefficient (Wildman–Crippen LogP) is 3.51. The van der Waals surface area contributed by atoms with Crippen LogP contribution >= 0.6 is 15.9 Å². The lowest BCUT2D eigenvalue weighted by molar-refractivity contribution is -0.130. The Morgan fingerprint density at radius 2 is 1.83 bits per heavy atom. The van der Waals surface area contributed by atoms with E-state index < -0.39 is 0 Å². The lowest BCUT2D eigenvalue weighted by Gasteiger charge is -2.26. The number of carbonyl (C=O) groups is 1. The summed E-state index contributed by atoms with van der Waals surface area (Å²) in [5, 5.41) is 3.15. The van der Waals surface area contributed by atoms with Crippen LogP contribution in [0.3, 0.4) is 0 Å². The molecule has 1 spiro atoms. The number of benzene rings is 2. The molecule has 0 radical (unpaired) electrons. The molecule has 2 aliphatic rings. The fourth-order valence-corrected chi connectivity index (χ4v) is 4.25. The Kier molecular flexibility index (Phi) is 4.19. The zero-order chi connectivity index (χ0) is 16.6. The van der Waals surface area contributed by atoms with E-state index in [1.165, 1.54) is 16.7 Å². The Morgan fingerprint density at radius 3 is 2.62 bits per heavy atom. The highest BCUT2D eigenvalue weighted by Gasteiger charge is 2.45. The molecule has 1 amide bonds. The summed E-state index contributed by atoms with van der Waals surface area (Å²) in [7, 11) is 0. The van der Waals surface area contributed by atoms with Crippen LogP contribution in [0.2, 0.25) is 0 Å². The van der Waals surface area contributed by atoms with Crippen LogP contribution in [0.1, 0.15) is 23.1 Å². The van der Waals surface area contributed by atoms with Crippen molar-refractivity contribution in [3.8, 4) is 0 Å². The maximum atomic E-state index is 12.8. The van der Waals surface area contributed by atoms with Gasteiger partial charge < -0.3 is 5.32 Å². The molecule has 2 aliphatic heterocycles. The quantitative estimate of drug-likeness (QED) is 0.858. The maximum absolute atomic E-state index is 12.8. The average molecular weight is 385 g/mol. The van der Waals surface area contributed by atoms with Gasteiger partial charge in [-0.1, -0.05) is 52.3 Å². The number of carbonyl (C=O) groups excluding carboxylic acids is 1. The molecule has 4 heteroatoms. The van der Waals surface area contributed by atoms with Crippen LogP contribution in [-0.4, -0.2) is 23.9 Å². The second-order valence-electron chi connectivity index (χ2n) is 7.00. The number of halogens is 1. The van der Waals surface area contributed by atoms with Crippen molar-refractivity contribution in [3.05, 3.63) is 69.7 Å². The third kappa shape index (κ3) is 3.01. The van der Waals surface area contributed by atoms with Crippen LogP contribution in [0.5, 0.6) is 0 Å². The Balaban J connectivity index is 1.53. The maximum Gasteiger partial charge on any atom is 0.228 e. The molecule has 0 aromatic heterocycles. The Labute approximate surface area is 151 Å². The van der Waals surface area contributed by atoms with Crippen molar-refractivity contribution >= 4 is 21.8 Å². The van der Waals surface area contributed by atoms with E-state index in [4.69, 9.17) is 0 Å². The molecule has 124 valence electrons. The van der Waals surface area contributed by atoms with Crippen LogP contribution in [-0.2, 0) is 24.3 Å². The van der Waals surface area contributed by atoms with Crippen molar-refractivity contribution in [2.24, 2.45) is 5.41 Å². The van der Waals surface area contributed by atoms with Crippen molar-refractivity contribution < 1.29 is 4.79 Å². The number of hydrogen-bond donors (Lipinski definition) is 1. The Morgan fingerprint density at radius 1 is 1.08 bits per heavy atom. The van der Waals surface area contributed by atoms with Crippen molar-refractivity contribution in [1.29, 1.82) is 0 Å². The van der Waals surface area contributed by atoms with Crippen LogP contribution < -0.4 is 5.32 Å². The van der Waals surface area contributed by atoms with E-state index in [2.05, 4.69) is 74.7 Å². The molecule has 24 heavy (non-hydrogen) atoms. The monoisotopic (exact) mass is 384 g/mol. The minimum absolute atomic E-state index is 0.219. The van der Waals surface area contributed by atoms with Crippen molar-refractivity contribution in [2.45, 2.75) is 25.9 Å². The standard InChI is InChI=1S/C20H21BrN2O/c21-18-7-5-15(6-8-18)13-23-10-9-20(14-23)11-16-3-1-2-4-17(16)12-22-19(20)24/h1-8H,9-14H2,(H,22,24). The first-order valence-electron chi connectivity index (χ1n) is 8.47. The smallest absolute Gasteiger partial charge is 0.228 e. The summed E-state index contributed by atoms with van der Waals surface area (Å²) in [5.41, 5.74) is 3.60. The highest BCUT2D eigenvalue weighted by Crippen LogP contribution is 2.37. The van der Waals surface area contributed by atoms with Gasteiger partial charge in [0.2, 0.25) is 5.91 Å². The van der Waals surface area contributed by atoms with E-state index in [9.17, 15) is 4.79 Å². The number of nitrogens with zero attached hydrogens (tertiary/aromatic N) is 1. The van der Waals surface area contributed by atoms with Crippen molar-refractivity contribution in [1.82, 2.24) is 10.2 Å². The summed E-state index contributed by atoms with van der Waals surface area (Å²) in [6, 6.07) is 16.9. The van der Waals surface area contributed by atoms with Gasteiger partial charge in [-0.05, 0) is 48.2 Å². The Bertz CT molecular complexity index is 758. The van der Waals surface area contributed by atoms with E-state index in [0.29, 0.717) is 6.54 Å². The van der Waals surface area contributed by atoms with Crippen LogP contribution in [0.25, 0.3) is 0 Å². The minimum atomic E-state index is -0.276. The van der Waals surface area contributed by atoms with Gasteiger partial charge >= 0.3 is 0 Å². The van der Waals surface area contributed by atoms with Crippen molar-refractivity contribution in [2.75, 3.05) is 13.1 Å². The van der Waals surface area contributed by atoms with Crippen LogP contribution in [0.15, 0.2) is 53.0 Å². The van der Waals surface area contributed by atoms with Crippen molar-refractivity contribution in [3.63, 3.8) is 0 Å². The minimum Gasteiger partial charge on any atom is -0.351 e. The molecule has 0 bridgehead atoms. The first-order chi connectivity index (χ1) is 11.6. The Hall–Kier alpha value is -1.65. The van der Waals surface area contributed by atoms with Gasteiger partial charge in [0.05, 0.1) is 5.41 Å². The first kappa shape index (κ1) is 15.9. The predicted molar refractivity (Wildman–Crippen MR) is 98.5 cm³/mol. The number of amides is 1. The third-order valence-electron chi connectivity index (χ3n) is 5.32. The number of nitrogens with one attached hydrogen (secondary N) is 1. The van der Waals surface area contributed by atoms with Gasteiger partial charge in [-0.25, -0.2) is 0 Å². The lowest BCUT2D eigenvalue weighted by Crippen LogP contribution is -2.42. The highest BCUT2D eigenvalue weighted by atomic mass is 79.9. The molecule has 1 unspecified atom stereocenters. The van der Waals surface area contributed by atoms with Gasteiger partial charge in [-0.3, -0.25) is 9.69 Å². The van der Waals surface area contributed by atoms with Crippen LogP contribution in [0, 0.1) is 5.41 Å². The zero-order valence-electron chi connectivity index (χ0n) is 13.6. The normalized spacial score (nSPS) is 23.8. The van der Waals surface area contributed by atoms with E-state index in [1.807, 2.05) is 0 Å². The van der Waals surface area contributed by atoms with Gasteiger partial charge in [0, 0.05) is 24.1 Å². The summed E-state index contributed by atoms with van der Waals surface area (Å²) >= 11 is 3.48. The van der Waals surface area contributed by atoms with E-state index in [0.717, 1.165) is 36.9 Å². The molecular formula is C20H21BrN2O. The van der Waals surface area contributed by atoms with Crippen LogP contribution in [0.4, 0.5) is 0 Å². The molecule has 0 saturated carbocycles. The molecule has 1 atom stereocenters. The first-order valence-corrected chi connectivity index (χ1v) is 9.26. The molecule has 1 fully saturated rings. The summed E-state index contributed by atoms with van der Waals surface area (Å²) in [5.74, 6) is 0.219. The molecule has 2 aromatic carbocycles. The lowest BCUT2D eigenvalue weighted by atomic mass is 9.80. The average Bonchev–Trinajstić information content (AvgIpc) is 2.93. The fraction of sp³-hybridized carbons (Fsp3) is 0.350. The number of likely N-dealkylation sites (tertiary alicyclic amines) is 1. The molecule has 0 aliphatic carbocycles. The number of hydrogen-bond acceptors (Lipinski definition) is 2. The zero-order valence-corrected chi connectivity index (χ0v) is 15.2. The molecule has 3 nitrogen and oxygen atoms in total. The third-order valence-corrected chi connectivity index (χ3v) is 5.85. The van der Waals surface area contributed by atoms with E-state index in [1.54, 1.807) is 0 Å². The molecular weight excluding hydrogens is 364 g/mol. The molecule has 2 heterocycles. The van der Waals surface area contributed by atoms with Gasteiger partial charge in [-0.2, -0.15) is 0 Å². The van der Waals surface area contributed by atoms with E-state index >= 15 is 0 Å². The van der Waals surface area contributed by atoms with Gasteiger partial charge in [0.1, 0.15) is 0 Å². The largest absolute Gasteiger partial charge is 0.351 e. The molecule has 2 aromatic rings. The van der Waals surface area contributed by atoms with Gasteiger partial charge in [0.25, 0.3) is 0 Å². The number of fused-ring (bicyclic) bond motifs is 1. The highest BCUT2D eigenvalue weighted by molar-refractivity contribution is 9.10. The van der Waals surface area contributed by atoms with Gasteiger partial charge in [-0.15, -0.1) is 0 Å². The summed E-state index contributed by atoms with van der Waals surface area (Å²) < 4.78 is 1.10. The SMILES string of the molecule is O=C1NCc2ccccc2CC12CCN(Cc1ccc(Br)cc1)C2. The fourth-order valence-electron chi connectivity index (χ4n) is 3.98. The number of rotatable bonds is 2. The summed E-state index contributed by atoms with van der Waals surface area (Å²) in [6.45, 7) is 3.38. The summed E-state index contributed by atoms with van der Waals surface area (Å²) in [6.07, 6.45) is 1.79. The second-order valence-corrected chi connectivity index (χ2v) is 7.91. The second kappa shape index (κ2) is 6.34. The van der Waals surface area contributed by atoms with E-state index in [-0.39, 0.29) is 11.3 Å². The summed E-state index contributed by atoms with van der Waals surface area (Å²) in [4.78, 5) is 15.2. The molecule has 1 N–H and O–H groups in total. The molecule has 4 rings (SSSR count). The topological polar surface area (TPSA) is 32.3 Å².